The molecule has 3 aromatic heterocycles. The van der Waals surface area contributed by atoms with Crippen LogP contribution in [0.25, 0.3) is 11.5 Å². The van der Waals surface area contributed by atoms with E-state index in [1.165, 1.54) is 4.52 Å². The zero-order valence-electron chi connectivity index (χ0n) is 8.81. The van der Waals surface area contributed by atoms with Gasteiger partial charge in [-0.3, -0.25) is 9.78 Å². The minimum atomic E-state index is -1.20. The van der Waals surface area contributed by atoms with Gasteiger partial charge in [-0.2, -0.15) is 4.68 Å². The van der Waals surface area contributed by atoms with Gasteiger partial charge in [0.15, 0.2) is 5.69 Å². The molecule has 0 fully saturated rings. The summed E-state index contributed by atoms with van der Waals surface area (Å²) in [6, 6.07) is 3.28. The Morgan fingerprint density at radius 1 is 1.44 bits per heavy atom. The molecule has 2 N–H and O–H groups in total. The first kappa shape index (κ1) is 10.2. The lowest BCUT2D eigenvalue weighted by atomic mass is 10.5. The average molecular weight is 246 g/mol. The molecule has 3 heterocycles. The smallest absolute Gasteiger partial charge is 0.358 e. The summed E-state index contributed by atoms with van der Waals surface area (Å²) >= 11 is 0. The Bertz CT molecular complexity index is 798. The minimum Gasteiger partial charge on any atom is -0.476 e. The maximum Gasteiger partial charge on any atom is 0.358 e. The van der Waals surface area contributed by atoms with Crippen molar-refractivity contribution in [1.82, 2.24) is 29.6 Å². The monoisotopic (exact) mass is 246 g/mol. The Morgan fingerprint density at radius 2 is 2.28 bits per heavy atom. The molecule has 0 radical (unpaired) electrons. The highest BCUT2D eigenvalue weighted by Crippen LogP contribution is 2.01. The van der Waals surface area contributed by atoms with Crippen LogP contribution in [0.5, 0.6) is 0 Å². The van der Waals surface area contributed by atoms with Crippen LogP contribution in [0, 0.1) is 0 Å². The zero-order valence-corrected chi connectivity index (χ0v) is 8.81. The van der Waals surface area contributed by atoms with Crippen LogP contribution in [0.3, 0.4) is 0 Å². The molecule has 3 aromatic rings. The number of carboxylic acid groups (broad SMARTS) is 1. The Kier molecular flexibility index (Phi) is 1.99. The summed E-state index contributed by atoms with van der Waals surface area (Å²) in [6.07, 6.45) is 2.76. The van der Waals surface area contributed by atoms with Crippen LogP contribution < -0.4 is 5.56 Å². The Labute approximate surface area is 98.3 Å². The molecule has 18 heavy (non-hydrogen) atoms. The van der Waals surface area contributed by atoms with Gasteiger partial charge in [-0.15, -0.1) is 10.2 Å². The summed E-state index contributed by atoms with van der Waals surface area (Å²) in [4.78, 5) is 24.8. The second-order valence-electron chi connectivity index (χ2n) is 3.47. The van der Waals surface area contributed by atoms with E-state index in [1.54, 1.807) is 18.3 Å². The van der Waals surface area contributed by atoms with Crippen LogP contribution >= 0.6 is 0 Å². The molecule has 0 saturated heterocycles. The second-order valence-corrected chi connectivity index (χ2v) is 3.47. The minimum absolute atomic E-state index is 0.0868. The summed E-state index contributed by atoms with van der Waals surface area (Å²) in [7, 11) is 0. The standard InChI is InChI=1S/C9H6N6O3/c16-7-6-2-1-3-14(6)12-9(10-7)15-4-5(8(17)18)11-13-15/h1-4H,(H,17,18)(H,10,12,16). The van der Waals surface area contributed by atoms with E-state index in [0.29, 0.717) is 5.52 Å². The molecule has 0 atom stereocenters. The molecular weight excluding hydrogens is 240 g/mol. The number of nitrogens with one attached hydrogen (secondary N) is 1. The maximum absolute atomic E-state index is 11.7. The first-order chi connectivity index (χ1) is 8.65. The van der Waals surface area contributed by atoms with Crippen molar-refractivity contribution < 1.29 is 9.90 Å². The SMILES string of the molecule is O=C(O)c1cn(-c2nn3cccc3c(=O)[nH]2)nn1. The predicted octanol–water partition coefficient (Wildman–Crippen LogP) is -0.699. The van der Waals surface area contributed by atoms with Crippen LogP contribution in [-0.4, -0.2) is 40.7 Å². The van der Waals surface area contributed by atoms with E-state index in [2.05, 4.69) is 20.4 Å². The number of aromatic nitrogens is 6. The molecule has 0 aromatic carbocycles. The highest BCUT2D eigenvalue weighted by molar-refractivity contribution is 5.84. The Morgan fingerprint density at radius 3 is 3.00 bits per heavy atom. The first-order valence-corrected chi connectivity index (χ1v) is 4.89. The lowest BCUT2D eigenvalue weighted by Gasteiger charge is -1.99. The van der Waals surface area contributed by atoms with Gasteiger partial charge in [0.25, 0.3) is 11.5 Å². The molecule has 0 spiro atoms. The number of fused-ring (bicyclic) bond motifs is 1. The molecule has 9 heteroatoms. The average Bonchev–Trinajstić information content (AvgIpc) is 2.97. The molecule has 0 aliphatic heterocycles. The van der Waals surface area contributed by atoms with E-state index >= 15 is 0 Å². The molecule has 0 amide bonds. The number of aromatic carboxylic acids is 1. The van der Waals surface area contributed by atoms with Crippen molar-refractivity contribution >= 4 is 11.5 Å². The van der Waals surface area contributed by atoms with Crippen LogP contribution in [-0.2, 0) is 0 Å². The molecule has 9 nitrogen and oxygen atoms in total. The quantitative estimate of drug-likeness (QED) is 0.617. The van der Waals surface area contributed by atoms with Gasteiger partial charge >= 0.3 is 5.97 Å². The van der Waals surface area contributed by atoms with Crippen LogP contribution in [0.15, 0.2) is 29.3 Å². The molecule has 3 rings (SSSR count). The topological polar surface area (TPSA) is 118 Å². The summed E-state index contributed by atoms with van der Waals surface area (Å²) in [5.41, 5.74) is -0.194. The fourth-order valence-corrected chi connectivity index (χ4v) is 1.50. The van der Waals surface area contributed by atoms with Crippen molar-refractivity contribution in [1.29, 1.82) is 0 Å². The van der Waals surface area contributed by atoms with E-state index in [-0.39, 0.29) is 17.2 Å². The van der Waals surface area contributed by atoms with E-state index in [0.717, 1.165) is 10.9 Å². The number of hydrogen-bond acceptors (Lipinski definition) is 5. The van der Waals surface area contributed by atoms with Gasteiger partial charge in [0, 0.05) is 6.20 Å². The van der Waals surface area contributed by atoms with Gasteiger partial charge < -0.3 is 5.11 Å². The molecule has 0 saturated carbocycles. The number of carboxylic acids is 1. The van der Waals surface area contributed by atoms with Crippen molar-refractivity contribution in [3.63, 3.8) is 0 Å². The third-order valence-corrected chi connectivity index (χ3v) is 2.32. The third kappa shape index (κ3) is 1.45. The fraction of sp³-hybridized carbons (Fsp3) is 0. The predicted molar refractivity (Wildman–Crippen MR) is 57.7 cm³/mol. The number of rotatable bonds is 2. The maximum atomic E-state index is 11.7. The van der Waals surface area contributed by atoms with E-state index in [1.807, 2.05) is 0 Å². The van der Waals surface area contributed by atoms with Crippen LogP contribution in [0.1, 0.15) is 10.5 Å². The number of H-pyrrole nitrogens is 1. The van der Waals surface area contributed by atoms with Crippen LogP contribution in [0.4, 0.5) is 0 Å². The molecule has 0 unspecified atom stereocenters. The fourth-order valence-electron chi connectivity index (χ4n) is 1.50. The second kappa shape index (κ2) is 3.52. The Balaban J connectivity index is 2.18. The van der Waals surface area contributed by atoms with Crippen LogP contribution in [0.2, 0.25) is 0 Å². The van der Waals surface area contributed by atoms with Gasteiger partial charge in [0.1, 0.15) is 5.52 Å². The summed E-state index contributed by atoms with van der Waals surface area (Å²) < 4.78 is 2.46. The van der Waals surface area contributed by atoms with Crippen molar-refractivity contribution in [2.75, 3.05) is 0 Å². The van der Waals surface area contributed by atoms with Gasteiger partial charge in [0.05, 0.1) is 6.20 Å². The van der Waals surface area contributed by atoms with Crippen molar-refractivity contribution in [3.8, 4) is 5.95 Å². The highest BCUT2D eigenvalue weighted by Gasteiger charge is 2.11. The van der Waals surface area contributed by atoms with Crippen molar-refractivity contribution in [2.45, 2.75) is 0 Å². The van der Waals surface area contributed by atoms with E-state index in [9.17, 15) is 9.59 Å². The van der Waals surface area contributed by atoms with Gasteiger partial charge in [-0.25, -0.2) is 9.31 Å². The first-order valence-electron chi connectivity index (χ1n) is 4.89. The molecule has 0 aliphatic rings. The Hall–Kier alpha value is -2.97. The lowest BCUT2D eigenvalue weighted by molar-refractivity contribution is 0.0690. The third-order valence-electron chi connectivity index (χ3n) is 2.32. The lowest BCUT2D eigenvalue weighted by Crippen LogP contribution is -2.17. The number of hydrogen-bond donors (Lipinski definition) is 2. The highest BCUT2D eigenvalue weighted by atomic mass is 16.4. The summed E-state index contributed by atoms with van der Waals surface area (Å²) in [5, 5.41) is 19.8. The van der Waals surface area contributed by atoms with Crippen molar-refractivity contribution in [2.24, 2.45) is 0 Å². The van der Waals surface area contributed by atoms with Crippen molar-refractivity contribution in [3.05, 3.63) is 40.6 Å². The molecular formula is C9H6N6O3. The molecule has 90 valence electrons. The summed E-state index contributed by atoms with van der Waals surface area (Å²) in [6.45, 7) is 0. The summed E-state index contributed by atoms with van der Waals surface area (Å²) in [5.74, 6) is -1.12. The molecule has 0 bridgehead atoms. The molecule has 0 aliphatic carbocycles. The van der Waals surface area contributed by atoms with E-state index < -0.39 is 5.97 Å². The zero-order chi connectivity index (χ0) is 12.7. The number of nitrogens with zero attached hydrogens (tertiary/aromatic N) is 5. The number of aromatic amines is 1. The normalized spacial score (nSPS) is 10.9. The van der Waals surface area contributed by atoms with Gasteiger partial charge in [-0.05, 0) is 12.1 Å². The largest absolute Gasteiger partial charge is 0.476 e. The number of carbonyl (C=O) groups is 1. The van der Waals surface area contributed by atoms with E-state index in [4.69, 9.17) is 5.11 Å². The van der Waals surface area contributed by atoms with Gasteiger partial charge in [0.2, 0.25) is 0 Å². The van der Waals surface area contributed by atoms with Gasteiger partial charge in [-0.1, -0.05) is 5.21 Å².